The predicted molar refractivity (Wildman–Crippen MR) is 104 cm³/mol. The first-order chi connectivity index (χ1) is 13.5. The number of carbonyl (C=O) groups excluding carboxylic acids is 1. The zero-order valence-electron chi connectivity index (χ0n) is 15.0. The van der Waals surface area contributed by atoms with E-state index in [2.05, 4.69) is 4.98 Å². The van der Waals surface area contributed by atoms with Crippen molar-refractivity contribution in [3.05, 3.63) is 75.0 Å². The molecule has 0 aliphatic heterocycles. The minimum absolute atomic E-state index is 0.0452. The molecular formula is C21H18ClFN2O3. The maximum absolute atomic E-state index is 13.8. The van der Waals surface area contributed by atoms with Crippen LogP contribution < -0.4 is 5.56 Å². The van der Waals surface area contributed by atoms with E-state index in [1.165, 1.54) is 12.1 Å². The zero-order chi connectivity index (χ0) is 19.7. The van der Waals surface area contributed by atoms with E-state index in [0.717, 1.165) is 12.8 Å². The second-order valence-electron chi connectivity index (χ2n) is 6.81. The average molecular weight is 401 g/mol. The number of nitrogens with zero attached hydrogens (tertiary/aromatic N) is 2. The molecule has 1 aliphatic rings. The summed E-state index contributed by atoms with van der Waals surface area (Å²) in [5.41, 5.74) is 0.691. The van der Waals surface area contributed by atoms with Gasteiger partial charge >= 0.3 is 5.97 Å². The molecule has 28 heavy (non-hydrogen) atoms. The first-order valence-corrected chi connectivity index (χ1v) is 9.51. The van der Waals surface area contributed by atoms with Gasteiger partial charge in [0.25, 0.3) is 5.56 Å². The molecule has 0 N–H and O–H groups in total. The van der Waals surface area contributed by atoms with Gasteiger partial charge in [-0.25, -0.2) is 9.37 Å². The molecule has 0 bridgehead atoms. The van der Waals surface area contributed by atoms with Crippen molar-refractivity contribution < 1.29 is 13.9 Å². The summed E-state index contributed by atoms with van der Waals surface area (Å²) in [7, 11) is 0. The van der Waals surface area contributed by atoms with Crippen LogP contribution >= 0.6 is 11.6 Å². The minimum atomic E-state index is -0.515. The molecule has 144 valence electrons. The van der Waals surface area contributed by atoms with Gasteiger partial charge in [-0.05, 0) is 37.1 Å². The number of hydrogen-bond acceptors (Lipinski definition) is 4. The van der Waals surface area contributed by atoms with Gasteiger partial charge in [-0.3, -0.25) is 14.2 Å². The van der Waals surface area contributed by atoms with Gasteiger partial charge in [-0.2, -0.15) is 0 Å². The Kier molecular flexibility index (Phi) is 5.13. The van der Waals surface area contributed by atoms with Crippen LogP contribution in [0, 0.1) is 5.82 Å². The molecule has 1 aromatic heterocycles. The van der Waals surface area contributed by atoms with Crippen LogP contribution in [0.4, 0.5) is 4.39 Å². The monoisotopic (exact) mass is 400 g/mol. The van der Waals surface area contributed by atoms with E-state index < -0.39 is 11.8 Å². The third-order valence-corrected chi connectivity index (χ3v) is 5.14. The van der Waals surface area contributed by atoms with E-state index in [-0.39, 0.29) is 41.6 Å². The number of halogens is 2. The first-order valence-electron chi connectivity index (χ1n) is 9.13. The highest BCUT2D eigenvalue weighted by molar-refractivity contribution is 6.31. The Morgan fingerprint density at radius 2 is 2.00 bits per heavy atom. The molecule has 0 radical (unpaired) electrons. The van der Waals surface area contributed by atoms with Gasteiger partial charge in [-0.1, -0.05) is 29.8 Å². The van der Waals surface area contributed by atoms with E-state index in [4.69, 9.17) is 16.3 Å². The summed E-state index contributed by atoms with van der Waals surface area (Å²) in [4.78, 5) is 29.6. The Balaban J connectivity index is 1.49. The van der Waals surface area contributed by atoms with Gasteiger partial charge in [-0.15, -0.1) is 0 Å². The summed E-state index contributed by atoms with van der Waals surface area (Å²) in [6, 6.07) is 11.6. The molecule has 0 amide bonds. The van der Waals surface area contributed by atoms with E-state index in [1.807, 2.05) is 12.1 Å². The Hall–Kier alpha value is -2.73. The van der Waals surface area contributed by atoms with Crippen LogP contribution in [0.1, 0.15) is 36.7 Å². The number of carbonyl (C=O) groups is 1. The van der Waals surface area contributed by atoms with Crippen LogP contribution in [0.5, 0.6) is 0 Å². The fourth-order valence-corrected chi connectivity index (χ4v) is 3.40. The van der Waals surface area contributed by atoms with E-state index >= 15 is 0 Å². The molecule has 0 unspecified atom stereocenters. The lowest BCUT2D eigenvalue weighted by Crippen LogP contribution is -2.25. The summed E-state index contributed by atoms with van der Waals surface area (Å²) in [5.74, 6) is -0.435. The Bertz CT molecular complexity index is 1090. The highest BCUT2D eigenvalue weighted by Gasteiger charge is 2.28. The van der Waals surface area contributed by atoms with Crippen LogP contribution in [0.2, 0.25) is 5.02 Å². The molecular weight excluding hydrogens is 383 g/mol. The lowest BCUT2D eigenvalue weighted by molar-refractivity contribution is -0.145. The number of rotatable bonds is 6. The molecule has 0 spiro atoms. The summed E-state index contributed by atoms with van der Waals surface area (Å²) >= 11 is 5.94. The molecule has 4 rings (SSSR count). The van der Waals surface area contributed by atoms with Crippen molar-refractivity contribution in [3.63, 3.8) is 0 Å². The Morgan fingerprint density at radius 1 is 1.21 bits per heavy atom. The normalized spacial score (nSPS) is 13.6. The van der Waals surface area contributed by atoms with Gasteiger partial charge in [0.1, 0.15) is 18.2 Å². The molecule has 0 atom stereocenters. The molecule has 1 aliphatic carbocycles. The van der Waals surface area contributed by atoms with Crippen LogP contribution in [-0.2, 0) is 22.6 Å². The van der Waals surface area contributed by atoms with E-state index in [1.54, 1.807) is 22.8 Å². The predicted octanol–water partition coefficient (Wildman–Crippen LogP) is 4.20. The summed E-state index contributed by atoms with van der Waals surface area (Å²) in [6.07, 6.45) is 2.19. The zero-order valence-corrected chi connectivity index (χ0v) is 15.8. The highest BCUT2D eigenvalue weighted by Crippen LogP contribution is 2.35. The van der Waals surface area contributed by atoms with Crippen molar-refractivity contribution in [2.45, 2.75) is 38.3 Å². The fourth-order valence-electron chi connectivity index (χ4n) is 3.19. The number of hydrogen-bond donors (Lipinski definition) is 0. The number of fused-ring (bicyclic) bond motifs is 1. The molecule has 3 aromatic rings. The van der Waals surface area contributed by atoms with Gasteiger partial charge in [0.15, 0.2) is 0 Å². The molecule has 2 aromatic carbocycles. The number of aromatic nitrogens is 2. The third-order valence-electron chi connectivity index (χ3n) is 4.78. The summed E-state index contributed by atoms with van der Waals surface area (Å²) < 4.78 is 20.6. The van der Waals surface area contributed by atoms with Gasteiger partial charge in [0, 0.05) is 18.0 Å². The second-order valence-corrected chi connectivity index (χ2v) is 7.22. The summed E-state index contributed by atoms with van der Waals surface area (Å²) in [5, 5.41) is 0.793. The van der Waals surface area contributed by atoms with Gasteiger partial charge < -0.3 is 4.74 Å². The largest absolute Gasteiger partial charge is 0.461 e. The molecule has 1 heterocycles. The molecule has 5 nitrogen and oxygen atoms in total. The number of aryl methyl sites for hydroxylation is 1. The van der Waals surface area contributed by atoms with E-state index in [9.17, 15) is 14.0 Å². The number of para-hydroxylation sites is 1. The number of benzene rings is 2. The molecule has 0 saturated heterocycles. The summed E-state index contributed by atoms with van der Waals surface area (Å²) in [6.45, 7) is -0.231. The molecule has 7 heteroatoms. The quantitative estimate of drug-likeness (QED) is 0.582. The number of esters is 1. The van der Waals surface area contributed by atoms with Crippen molar-refractivity contribution in [1.82, 2.24) is 9.55 Å². The molecule has 1 fully saturated rings. The maximum Gasteiger partial charge on any atom is 0.306 e. The van der Waals surface area contributed by atoms with Crippen LogP contribution in [-0.4, -0.2) is 15.5 Å². The van der Waals surface area contributed by atoms with Gasteiger partial charge in [0.2, 0.25) is 0 Å². The average Bonchev–Trinajstić information content (AvgIpc) is 3.51. The Morgan fingerprint density at radius 3 is 2.75 bits per heavy atom. The smallest absolute Gasteiger partial charge is 0.306 e. The fraction of sp³-hybridized carbons (Fsp3) is 0.286. The standard InChI is InChI=1S/C21H18ClFN2O3/c22-16-5-3-6-17(23)15(16)12-28-20(26)11-10-19-24-18-7-2-1-4-14(18)21(27)25(19)13-8-9-13/h1-7,13H,8-12H2. The van der Waals surface area contributed by atoms with Crippen molar-refractivity contribution >= 4 is 28.5 Å². The molecule has 1 saturated carbocycles. The Labute approximate surface area is 165 Å². The highest BCUT2D eigenvalue weighted by atomic mass is 35.5. The maximum atomic E-state index is 13.8. The minimum Gasteiger partial charge on any atom is -0.461 e. The van der Waals surface area contributed by atoms with Crippen molar-refractivity contribution in [1.29, 1.82) is 0 Å². The third kappa shape index (κ3) is 3.78. The van der Waals surface area contributed by atoms with Crippen molar-refractivity contribution in [2.24, 2.45) is 0 Å². The SMILES string of the molecule is O=C(CCc1nc2ccccc2c(=O)n1C1CC1)OCc1c(F)cccc1Cl. The van der Waals surface area contributed by atoms with Crippen LogP contribution in [0.25, 0.3) is 10.9 Å². The first kappa shape index (κ1) is 18.6. The van der Waals surface area contributed by atoms with E-state index in [0.29, 0.717) is 16.7 Å². The van der Waals surface area contributed by atoms with Crippen LogP contribution in [0.3, 0.4) is 0 Å². The lowest BCUT2D eigenvalue weighted by atomic mass is 10.2. The van der Waals surface area contributed by atoms with Crippen LogP contribution in [0.15, 0.2) is 47.3 Å². The second kappa shape index (κ2) is 7.72. The van der Waals surface area contributed by atoms with Gasteiger partial charge in [0.05, 0.1) is 22.3 Å². The number of ether oxygens (including phenoxy) is 1. The topological polar surface area (TPSA) is 61.2 Å². The van der Waals surface area contributed by atoms with Crippen molar-refractivity contribution in [3.8, 4) is 0 Å². The van der Waals surface area contributed by atoms with Crippen molar-refractivity contribution in [2.75, 3.05) is 0 Å². The lowest BCUT2D eigenvalue weighted by Gasteiger charge is -2.13.